The van der Waals surface area contributed by atoms with Crippen LogP contribution in [0, 0.1) is 5.41 Å². The van der Waals surface area contributed by atoms with Gasteiger partial charge in [-0.15, -0.1) is 0 Å². The lowest BCUT2D eigenvalue weighted by Crippen LogP contribution is -2.66. The van der Waals surface area contributed by atoms with Crippen LogP contribution in [0.15, 0.2) is 97.2 Å². The minimum atomic E-state index is -0.388. The number of para-hydroxylation sites is 1. The van der Waals surface area contributed by atoms with Crippen LogP contribution in [-0.2, 0) is 18.4 Å². The Morgan fingerprint density at radius 3 is 2.44 bits per heavy atom. The second-order valence-electron chi connectivity index (χ2n) is 11.6. The van der Waals surface area contributed by atoms with Crippen LogP contribution in [0.4, 0.5) is 22.7 Å². The van der Waals surface area contributed by atoms with Gasteiger partial charge in [0.25, 0.3) is 0 Å². The van der Waals surface area contributed by atoms with Gasteiger partial charge in [-0.2, -0.15) is 4.57 Å². The van der Waals surface area contributed by atoms with Gasteiger partial charge in [0.15, 0.2) is 11.9 Å². The molecule has 2 atom stereocenters. The quantitative estimate of drug-likeness (QED) is 0.163. The normalized spacial score (nSPS) is 21.4. The Morgan fingerprint density at radius 1 is 0.744 bits per heavy atom. The molecular weight excluding hydrogens is 476 g/mol. The van der Waals surface area contributed by atoms with Crippen LogP contribution in [0.25, 0.3) is 0 Å². The van der Waals surface area contributed by atoms with Gasteiger partial charge in [-0.1, -0.05) is 60.7 Å². The molecule has 1 aliphatic carbocycles. The Hall–Kier alpha value is -4.70. The highest BCUT2D eigenvalue weighted by Crippen LogP contribution is 2.64. The van der Waals surface area contributed by atoms with Crippen molar-refractivity contribution in [2.24, 2.45) is 0 Å². The maximum absolute atomic E-state index is 8.46. The Balaban J connectivity index is 1.44. The average molecular weight is 502 g/mol. The zero-order chi connectivity index (χ0) is 25.5. The first-order valence-electron chi connectivity index (χ1n) is 13.9. The molecule has 2 unspecified atom stereocenters. The minimum absolute atomic E-state index is 0.193. The van der Waals surface area contributed by atoms with Gasteiger partial charge in [-0.25, -0.2) is 0 Å². The smallest absolute Gasteiger partial charge is 0.242 e. The van der Waals surface area contributed by atoms with Gasteiger partial charge in [0.05, 0.1) is 47.0 Å². The average Bonchev–Trinajstić information content (AvgIpc) is 3.33. The van der Waals surface area contributed by atoms with Crippen molar-refractivity contribution in [3.63, 3.8) is 0 Å². The van der Waals surface area contributed by atoms with Crippen molar-refractivity contribution >= 4 is 29.1 Å². The highest BCUT2D eigenvalue weighted by atomic mass is 15.3. The molecule has 5 aromatic rings. The van der Waals surface area contributed by atoms with Crippen molar-refractivity contribution < 1.29 is 4.57 Å². The molecule has 0 saturated carbocycles. The van der Waals surface area contributed by atoms with Crippen molar-refractivity contribution in [3.8, 4) is 0 Å². The second-order valence-corrected chi connectivity index (χ2v) is 11.6. The van der Waals surface area contributed by atoms with Crippen molar-refractivity contribution in [1.29, 1.82) is 5.41 Å². The van der Waals surface area contributed by atoms with E-state index in [0.29, 0.717) is 0 Å². The van der Waals surface area contributed by atoms with E-state index < -0.39 is 0 Å². The zero-order valence-electron chi connectivity index (χ0n) is 21.4. The topological polar surface area (TPSA) is 34.2 Å². The summed E-state index contributed by atoms with van der Waals surface area (Å²) in [7, 11) is 0. The summed E-state index contributed by atoms with van der Waals surface area (Å²) in [5, 5.41) is 8.46. The lowest BCUT2D eigenvalue weighted by Gasteiger charge is -2.48. The number of nitrogens with one attached hydrogen (secondary N) is 1. The van der Waals surface area contributed by atoms with E-state index in [0.717, 1.165) is 25.1 Å². The van der Waals surface area contributed by atoms with Gasteiger partial charge in [-0.05, 0) is 58.0 Å². The third-order valence-corrected chi connectivity index (χ3v) is 9.93. The molecule has 0 amide bonds. The molecule has 39 heavy (non-hydrogen) atoms. The Labute approximate surface area is 226 Å². The van der Waals surface area contributed by atoms with Gasteiger partial charge >= 0.3 is 0 Å². The molecule has 10 rings (SSSR count). The molecule has 4 aromatic carbocycles. The summed E-state index contributed by atoms with van der Waals surface area (Å²) in [6.45, 7) is 0.733. The first-order valence-corrected chi connectivity index (χ1v) is 13.9. The van der Waals surface area contributed by atoms with Crippen LogP contribution in [0.5, 0.6) is 0 Å². The molecule has 1 N–H and O–H groups in total. The van der Waals surface area contributed by atoms with E-state index in [9.17, 15) is 0 Å². The predicted molar refractivity (Wildman–Crippen MR) is 153 cm³/mol. The third-order valence-electron chi connectivity index (χ3n) is 9.93. The fourth-order valence-electron chi connectivity index (χ4n) is 8.65. The summed E-state index contributed by atoms with van der Waals surface area (Å²) >= 11 is 0. The SMILES string of the molecule is N=CN1CC23c4c1cccc4N1c4ccccc4Cc4cc5c(c2c41)C(c1ccccc1C5)c1cccc[n+]13. The first-order chi connectivity index (χ1) is 19.3. The fourth-order valence-corrected chi connectivity index (χ4v) is 8.65. The molecule has 5 aliphatic rings. The van der Waals surface area contributed by atoms with Crippen LogP contribution in [0.1, 0.15) is 56.1 Å². The number of aromatic nitrogens is 1. The zero-order valence-corrected chi connectivity index (χ0v) is 21.4. The van der Waals surface area contributed by atoms with E-state index in [1.807, 2.05) is 0 Å². The molecule has 0 radical (unpaired) electrons. The summed E-state index contributed by atoms with van der Waals surface area (Å²) in [4.78, 5) is 4.72. The number of hydrogen-bond donors (Lipinski definition) is 1. The largest absolute Gasteiger partial charge is 0.325 e. The molecule has 0 saturated heterocycles. The van der Waals surface area contributed by atoms with Gasteiger partial charge < -0.3 is 9.80 Å². The van der Waals surface area contributed by atoms with Crippen molar-refractivity contribution in [2.45, 2.75) is 24.3 Å². The van der Waals surface area contributed by atoms with Gasteiger partial charge in [-0.3, -0.25) is 5.41 Å². The summed E-state index contributed by atoms with van der Waals surface area (Å²) in [6.07, 6.45) is 5.74. The predicted octanol–water partition coefficient (Wildman–Crippen LogP) is 6.28. The molecule has 184 valence electrons. The van der Waals surface area contributed by atoms with Crippen molar-refractivity contribution in [1.82, 2.24) is 0 Å². The lowest BCUT2D eigenvalue weighted by molar-refractivity contribution is -0.749. The number of hydrogen-bond acceptors (Lipinski definition) is 2. The van der Waals surface area contributed by atoms with Gasteiger partial charge in [0.2, 0.25) is 5.54 Å². The summed E-state index contributed by atoms with van der Waals surface area (Å²) in [5.41, 5.74) is 17.4. The third kappa shape index (κ3) is 2.15. The van der Waals surface area contributed by atoms with Crippen LogP contribution >= 0.6 is 0 Å². The fraction of sp³-hybridized carbons (Fsp3) is 0.143. The van der Waals surface area contributed by atoms with Crippen molar-refractivity contribution in [2.75, 3.05) is 16.3 Å². The number of anilines is 4. The van der Waals surface area contributed by atoms with Crippen LogP contribution in [-0.4, -0.2) is 12.9 Å². The number of pyridine rings is 1. The van der Waals surface area contributed by atoms with Crippen molar-refractivity contribution in [3.05, 3.63) is 147 Å². The Morgan fingerprint density at radius 2 is 1.51 bits per heavy atom. The molecule has 1 spiro atoms. The number of fused-ring (bicyclic) bond motifs is 7. The molecule has 4 nitrogen and oxygen atoms in total. The molecule has 5 heterocycles. The van der Waals surface area contributed by atoms with Crippen LogP contribution in [0.2, 0.25) is 0 Å². The van der Waals surface area contributed by atoms with Crippen LogP contribution in [0.3, 0.4) is 0 Å². The maximum Gasteiger partial charge on any atom is 0.242 e. The summed E-state index contributed by atoms with van der Waals surface area (Å²) in [6, 6.07) is 33.9. The van der Waals surface area contributed by atoms with Crippen LogP contribution < -0.4 is 14.4 Å². The standard InChI is InChI=1S/C35H25N4/c36-20-37-19-35-32-28(37)13-7-14-29(32)39-26-11-4-2-9-22(26)17-24-18-23-16-21-8-1-3-10-25(21)31(30(23)33(35)34(24)39)27-12-5-6-15-38(27)35/h1-15,18,20,31,36H,16-17,19H2/q+1. The molecule has 0 fully saturated rings. The van der Waals surface area contributed by atoms with Gasteiger partial charge in [0, 0.05) is 24.2 Å². The van der Waals surface area contributed by atoms with E-state index >= 15 is 0 Å². The molecular formula is C35H25N4+. The van der Waals surface area contributed by atoms with E-state index in [1.54, 1.807) is 0 Å². The highest BCUT2D eigenvalue weighted by molar-refractivity contribution is 5.98. The van der Waals surface area contributed by atoms with E-state index in [4.69, 9.17) is 5.41 Å². The van der Waals surface area contributed by atoms with E-state index in [-0.39, 0.29) is 11.5 Å². The molecule has 4 aliphatic heterocycles. The molecule has 1 aromatic heterocycles. The Kier molecular flexibility index (Phi) is 3.46. The van der Waals surface area contributed by atoms with E-state index in [1.165, 1.54) is 73.6 Å². The summed E-state index contributed by atoms with van der Waals surface area (Å²) in [5.74, 6) is 0.193. The maximum atomic E-state index is 8.46. The Bertz CT molecular complexity index is 1930. The van der Waals surface area contributed by atoms with E-state index in [2.05, 4.69) is 112 Å². The number of rotatable bonds is 1. The number of nitrogens with zero attached hydrogens (tertiary/aromatic N) is 3. The number of benzene rings is 4. The lowest BCUT2D eigenvalue weighted by atomic mass is 9.63. The molecule has 4 heteroatoms. The second kappa shape index (κ2) is 6.65. The molecule has 0 bridgehead atoms. The van der Waals surface area contributed by atoms with Gasteiger partial charge in [0.1, 0.15) is 0 Å². The summed E-state index contributed by atoms with van der Waals surface area (Å²) < 4.78 is 2.58. The monoisotopic (exact) mass is 501 g/mol. The minimum Gasteiger partial charge on any atom is -0.325 e. The first kappa shape index (κ1) is 20.3. The highest BCUT2D eigenvalue weighted by Gasteiger charge is 2.64.